The Kier molecular flexibility index (Phi) is 5.82. The molecule has 0 aliphatic rings. The molecule has 0 radical (unpaired) electrons. The Bertz CT molecular complexity index is 461. The second-order valence-corrected chi connectivity index (χ2v) is 6.08. The number of anilines is 1. The van der Waals surface area contributed by atoms with E-state index in [1.807, 2.05) is 13.8 Å². The zero-order valence-corrected chi connectivity index (χ0v) is 13.1. The van der Waals surface area contributed by atoms with Crippen LogP contribution in [0.25, 0.3) is 0 Å². The average Bonchev–Trinajstić information content (AvgIpc) is 2.29. The van der Waals surface area contributed by atoms with Crippen LogP contribution in [0.2, 0.25) is 0 Å². The number of hydrogen-bond donors (Lipinski definition) is 3. The highest BCUT2D eigenvalue weighted by atomic mass is 79.9. The molecule has 1 aromatic rings. The molecule has 1 amide bonds. The van der Waals surface area contributed by atoms with Crippen LogP contribution in [0.15, 0.2) is 16.6 Å². The molecule has 0 aliphatic heterocycles. The number of amides is 1. The predicted octanol–water partition coefficient (Wildman–Crippen LogP) is 2.48. The lowest BCUT2D eigenvalue weighted by Crippen LogP contribution is -2.33. The molecule has 4 N–H and O–H groups in total. The number of benzene rings is 1. The largest absolute Gasteiger partial charge is 0.398 e. The summed E-state index contributed by atoms with van der Waals surface area (Å²) in [6.45, 7) is 6.12. The van der Waals surface area contributed by atoms with Crippen LogP contribution in [0.5, 0.6) is 0 Å². The highest BCUT2D eigenvalue weighted by Crippen LogP contribution is 2.22. The Morgan fingerprint density at radius 3 is 2.68 bits per heavy atom. The summed E-state index contributed by atoms with van der Waals surface area (Å²) in [5.41, 5.74) is 7.67. The van der Waals surface area contributed by atoms with Crippen molar-refractivity contribution in [3.8, 4) is 0 Å². The molecule has 0 aliphatic carbocycles. The summed E-state index contributed by atoms with van der Waals surface area (Å²) in [5, 5.41) is 12.5. The van der Waals surface area contributed by atoms with Crippen molar-refractivity contribution in [2.45, 2.75) is 33.3 Å². The molecule has 19 heavy (non-hydrogen) atoms. The Hall–Kier alpha value is -1.07. The van der Waals surface area contributed by atoms with E-state index in [1.165, 1.54) is 0 Å². The summed E-state index contributed by atoms with van der Waals surface area (Å²) in [4.78, 5) is 12.1. The van der Waals surface area contributed by atoms with Crippen LogP contribution in [0.3, 0.4) is 0 Å². The first-order valence-electron chi connectivity index (χ1n) is 6.33. The number of rotatable bonds is 5. The third-order valence-electron chi connectivity index (χ3n) is 2.90. The summed E-state index contributed by atoms with van der Waals surface area (Å²) in [7, 11) is 0. The normalized spacial score (nSPS) is 12.5. The SMILES string of the molecule is Cc1c(N)cc(Br)cc1C(=O)NCC(O)CC(C)C. The van der Waals surface area contributed by atoms with Gasteiger partial charge in [0.2, 0.25) is 0 Å². The van der Waals surface area contributed by atoms with Crippen molar-refractivity contribution >= 4 is 27.5 Å². The van der Waals surface area contributed by atoms with Crippen molar-refractivity contribution in [3.05, 3.63) is 27.7 Å². The van der Waals surface area contributed by atoms with Gasteiger partial charge in [-0.1, -0.05) is 29.8 Å². The van der Waals surface area contributed by atoms with Crippen LogP contribution in [0.4, 0.5) is 5.69 Å². The van der Waals surface area contributed by atoms with E-state index in [0.717, 1.165) is 10.0 Å². The van der Waals surface area contributed by atoms with Crippen LogP contribution in [0, 0.1) is 12.8 Å². The number of halogens is 1. The van der Waals surface area contributed by atoms with E-state index >= 15 is 0 Å². The monoisotopic (exact) mass is 328 g/mol. The maximum absolute atomic E-state index is 12.1. The molecular formula is C14H21BrN2O2. The van der Waals surface area contributed by atoms with Crippen LogP contribution in [-0.4, -0.2) is 23.7 Å². The molecule has 1 aromatic carbocycles. The summed E-state index contributed by atoms with van der Waals surface area (Å²) in [5.74, 6) is 0.184. The minimum atomic E-state index is -0.520. The van der Waals surface area contributed by atoms with Gasteiger partial charge in [0.25, 0.3) is 5.91 Å². The van der Waals surface area contributed by atoms with Crippen LogP contribution >= 0.6 is 15.9 Å². The molecule has 1 atom stereocenters. The Balaban J connectivity index is 2.69. The van der Waals surface area contributed by atoms with E-state index in [2.05, 4.69) is 21.2 Å². The molecule has 0 saturated carbocycles. The zero-order valence-electron chi connectivity index (χ0n) is 11.5. The number of nitrogen functional groups attached to an aromatic ring is 1. The smallest absolute Gasteiger partial charge is 0.251 e. The standard InChI is InChI=1S/C14H21BrN2O2/c1-8(2)4-11(18)7-17-14(19)12-5-10(15)6-13(16)9(12)3/h5-6,8,11,18H,4,7,16H2,1-3H3,(H,17,19). The van der Waals surface area contributed by atoms with Crippen LogP contribution < -0.4 is 11.1 Å². The molecule has 0 fully saturated rings. The summed E-state index contributed by atoms with van der Waals surface area (Å²) in [6, 6.07) is 3.50. The average molecular weight is 329 g/mol. The van der Waals surface area contributed by atoms with Crippen molar-refractivity contribution < 1.29 is 9.90 Å². The van der Waals surface area contributed by atoms with Gasteiger partial charge in [-0.25, -0.2) is 0 Å². The maximum atomic E-state index is 12.1. The van der Waals surface area contributed by atoms with Crippen molar-refractivity contribution in [1.82, 2.24) is 5.32 Å². The fraction of sp³-hybridized carbons (Fsp3) is 0.500. The first-order chi connectivity index (χ1) is 8.81. The van der Waals surface area contributed by atoms with Gasteiger partial charge in [-0.05, 0) is 37.0 Å². The second-order valence-electron chi connectivity index (χ2n) is 5.16. The van der Waals surface area contributed by atoms with E-state index in [9.17, 15) is 9.90 Å². The van der Waals surface area contributed by atoms with Crippen molar-refractivity contribution in [1.29, 1.82) is 0 Å². The number of hydrogen-bond acceptors (Lipinski definition) is 3. The van der Waals surface area contributed by atoms with Gasteiger partial charge in [-0.3, -0.25) is 4.79 Å². The lowest BCUT2D eigenvalue weighted by atomic mass is 10.0. The molecule has 1 rings (SSSR count). The highest BCUT2D eigenvalue weighted by molar-refractivity contribution is 9.10. The van der Waals surface area contributed by atoms with Gasteiger partial charge in [0, 0.05) is 22.3 Å². The molecular weight excluding hydrogens is 308 g/mol. The molecule has 0 spiro atoms. The molecule has 1 unspecified atom stereocenters. The zero-order chi connectivity index (χ0) is 14.6. The number of aliphatic hydroxyl groups is 1. The van der Waals surface area contributed by atoms with Crippen molar-refractivity contribution in [2.24, 2.45) is 5.92 Å². The van der Waals surface area contributed by atoms with E-state index < -0.39 is 6.10 Å². The Labute approximate surface area is 122 Å². The molecule has 0 heterocycles. The third kappa shape index (κ3) is 4.84. The van der Waals surface area contributed by atoms with Crippen LogP contribution in [0.1, 0.15) is 36.2 Å². The number of carbonyl (C=O) groups is 1. The molecule has 0 saturated heterocycles. The minimum Gasteiger partial charge on any atom is -0.398 e. The Morgan fingerprint density at radius 2 is 2.11 bits per heavy atom. The van der Waals surface area contributed by atoms with E-state index in [1.54, 1.807) is 19.1 Å². The topological polar surface area (TPSA) is 75.4 Å². The maximum Gasteiger partial charge on any atom is 0.251 e. The third-order valence-corrected chi connectivity index (χ3v) is 3.36. The molecule has 0 aromatic heterocycles. The van der Waals surface area contributed by atoms with Crippen molar-refractivity contribution in [2.75, 3.05) is 12.3 Å². The Morgan fingerprint density at radius 1 is 1.47 bits per heavy atom. The first-order valence-corrected chi connectivity index (χ1v) is 7.12. The van der Waals surface area contributed by atoms with Gasteiger partial charge in [0.1, 0.15) is 0 Å². The molecule has 4 nitrogen and oxygen atoms in total. The summed E-state index contributed by atoms with van der Waals surface area (Å²) in [6.07, 6.45) is 0.147. The molecule has 0 bridgehead atoms. The highest BCUT2D eigenvalue weighted by Gasteiger charge is 2.14. The van der Waals surface area contributed by atoms with Gasteiger partial charge < -0.3 is 16.2 Å². The lowest BCUT2D eigenvalue weighted by molar-refractivity contribution is 0.0899. The number of carbonyl (C=O) groups excluding carboxylic acids is 1. The van der Waals surface area contributed by atoms with Gasteiger partial charge >= 0.3 is 0 Å². The van der Waals surface area contributed by atoms with E-state index in [4.69, 9.17) is 5.73 Å². The number of nitrogens with one attached hydrogen (secondary N) is 1. The van der Waals surface area contributed by atoms with Gasteiger partial charge in [0.15, 0.2) is 0 Å². The summed E-state index contributed by atoms with van der Waals surface area (Å²) >= 11 is 3.32. The number of nitrogens with two attached hydrogens (primary N) is 1. The fourth-order valence-corrected chi connectivity index (χ4v) is 2.34. The van der Waals surface area contributed by atoms with E-state index in [0.29, 0.717) is 23.6 Å². The van der Waals surface area contributed by atoms with Gasteiger partial charge in [-0.2, -0.15) is 0 Å². The second kappa shape index (κ2) is 6.91. The van der Waals surface area contributed by atoms with Crippen LogP contribution in [-0.2, 0) is 0 Å². The first kappa shape index (κ1) is 16.0. The van der Waals surface area contributed by atoms with E-state index in [-0.39, 0.29) is 12.5 Å². The molecule has 5 heteroatoms. The van der Waals surface area contributed by atoms with Crippen molar-refractivity contribution in [3.63, 3.8) is 0 Å². The lowest BCUT2D eigenvalue weighted by Gasteiger charge is -2.15. The fourth-order valence-electron chi connectivity index (χ4n) is 1.87. The summed E-state index contributed by atoms with van der Waals surface area (Å²) < 4.78 is 0.767. The molecule has 106 valence electrons. The predicted molar refractivity (Wildman–Crippen MR) is 81.1 cm³/mol. The quantitative estimate of drug-likeness (QED) is 0.727. The minimum absolute atomic E-state index is 0.215. The van der Waals surface area contributed by atoms with Gasteiger partial charge in [-0.15, -0.1) is 0 Å². The van der Waals surface area contributed by atoms with Gasteiger partial charge in [0.05, 0.1) is 6.10 Å². The number of aliphatic hydroxyl groups excluding tert-OH is 1.